The maximum atomic E-state index is 12.6. The quantitative estimate of drug-likeness (QED) is 0.672. The second-order valence-corrected chi connectivity index (χ2v) is 7.96. The van der Waals surface area contributed by atoms with Crippen LogP contribution in [0.3, 0.4) is 0 Å². The average molecular weight is 384 g/mol. The number of piperazine rings is 1. The lowest BCUT2D eigenvalue weighted by atomic mass is 10.2. The topological polar surface area (TPSA) is 104 Å². The first-order valence-electron chi connectivity index (χ1n) is 8.55. The zero-order valence-corrected chi connectivity index (χ0v) is 15.6. The summed E-state index contributed by atoms with van der Waals surface area (Å²) in [5.74, 6) is -1.24. The number of hydrogen-bond acceptors (Lipinski definition) is 5. The summed E-state index contributed by atoms with van der Waals surface area (Å²) in [6.07, 6.45) is 1.90. The molecule has 2 rings (SSSR count). The van der Waals surface area contributed by atoms with Gasteiger partial charge < -0.3 is 14.7 Å². The van der Waals surface area contributed by atoms with E-state index in [4.69, 9.17) is 9.84 Å². The Bertz CT molecular complexity index is 724. The van der Waals surface area contributed by atoms with E-state index >= 15 is 0 Å². The monoisotopic (exact) mass is 384 g/mol. The first kappa shape index (κ1) is 20.3. The molecule has 1 saturated heterocycles. The van der Waals surface area contributed by atoms with E-state index in [9.17, 15) is 18.0 Å². The lowest BCUT2D eigenvalue weighted by Gasteiger charge is -2.34. The summed E-state index contributed by atoms with van der Waals surface area (Å²) >= 11 is 0. The molecule has 26 heavy (non-hydrogen) atoms. The Balaban J connectivity index is 1.91. The maximum Gasteiger partial charge on any atom is 0.335 e. The van der Waals surface area contributed by atoms with Crippen LogP contribution in [-0.2, 0) is 19.6 Å². The molecular formula is C17H24N2O6S. The number of hydrogen-bond donors (Lipinski definition) is 1. The van der Waals surface area contributed by atoms with Crippen LogP contribution in [0.1, 0.15) is 30.1 Å². The van der Waals surface area contributed by atoms with Crippen LogP contribution >= 0.6 is 0 Å². The summed E-state index contributed by atoms with van der Waals surface area (Å²) in [5.41, 5.74) is 0.0300. The van der Waals surface area contributed by atoms with Crippen molar-refractivity contribution in [3.63, 3.8) is 0 Å². The van der Waals surface area contributed by atoms with Crippen LogP contribution in [0.4, 0.5) is 0 Å². The maximum absolute atomic E-state index is 12.6. The molecule has 0 atom stereocenters. The molecular weight excluding hydrogens is 360 g/mol. The third-order valence-electron chi connectivity index (χ3n) is 4.20. The third-order valence-corrected chi connectivity index (χ3v) is 6.11. The molecule has 1 amide bonds. The lowest BCUT2D eigenvalue weighted by molar-refractivity contribution is -0.137. The van der Waals surface area contributed by atoms with Crippen molar-refractivity contribution in [3.8, 4) is 0 Å². The summed E-state index contributed by atoms with van der Waals surface area (Å²) in [6.45, 7) is 3.62. The highest BCUT2D eigenvalue weighted by atomic mass is 32.2. The normalized spacial score (nSPS) is 15.8. The number of ether oxygens (including phenoxy) is 1. The van der Waals surface area contributed by atoms with Gasteiger partial charge in [-0.2, -0.15) is 4.31 Å². The number of unbranched alkanes of at least 4 members (excludes halogenated alkanes) is 1. The largest absolute Gasteiger partial charge is 0.478 e. The van der Waals surface area contributed by atoms with Crippen molar-refractivity contribution in [1.29, 1.82) is 0 Å². The number of carbonyl (C=O) groups is 2. The SMILES string of the molecule is CCCCOCC(=O)N1CCN(S(=O)(=O)c2ccc(C(=O)O)cc2)CC1. The highest BCUT2D eigenvalue weighted by Crippen LogP contribution is 2.18. The van der Waals surface area contributed by atoms with E-state index in [1.165, 1.54) is 28.6 Å². The number of carboxylic acid groups (broad SMARTS) is 1. The molecule has 8 nitrogen and oxygen atoms in total. The van der Waals surface area contributed by atoms with Crippen LogP contribution in [0.2, 0.25) is 0 Å². The summed E-state index contributed by atoms with van der Waals surface area (Å²) < 4.78 is 31.9. The van der Waals surface area contributed by atoms with Gasteiger partial charge in [0, 0.05) is 32.8 Å². The van der Waals surface area contributed by atoms with Crippen LogP contribution in [-0.4, -0.2) is 74.0 Å². The Morgan fingerprint density at radius 3 is 2.27 bits per heavy atom. The molecule has 1 heterocycles. The predicted octanol–water partition coefficient (Wildman–Crippen LogP) is 1.03. The number of carbonyl (C=O) groups excluding carboxylic acids is 1. The minimum atomic E-state index is -3.71. The van der Waals surface area contributed by atoms with E-state index in [1.54, 1.807) is 4.90 Å². The summed E-state index contributed by atoms with van der Waals surface area (Å²) in [6, 6.07) is 5.11. The minimum absolute atomic E-state index is 0.0173. The van der Waals surface area contributed by atoms with Gasteiger partial charge in [-0.05, 0) is 30.7 Å². The van der Waals surface area contributed by atoms with Gasteiger partial charge in [0.2, 0.25) is 15.9 Å². The predicted molar refractivity (Wildman–Crippen MR) is 94.5 cm³/mol. The first-order valence-corrected chi connectivity index (χ1v) is 9.99. The molecule has 0 aromatic heterocycles. The van der Waals surface area contributed by atoms with Gasteiger partial charge in [-0.15, -0.1) is 0 Å². The van der Waals surface area contributed by atoms with E-state index in [0.717, 1.165) is 12.8 Å². The van der Waals surface area contributed by atoms with Crippen LogP contribution in [0, 0.1) is 0 Å². The van der Waals surface area contributed by atoms with Gasteiger partial charge in [0.1, 0.15) is 6.61 Å². The Labute approximate surface area is 153 Å². The molecule has 0 radical (unpaired) electrons. The fourth-order valence-corrected chi connectivity index (χ4v) is 4.02. The molecule has 0 aliphatic carbocycles. The Morgan fingerprint density at radius 1 is 1.12 bits per heavy atom. The molecule has 0 spiro atoms. The van der Waals surface area contributed by atoms with Gasteiger partial charge in [-0.25, -0.2) is 13.2 Å². The van der Waals surface area contributed by atoms with Crippen molar-refractivity contribution in [2.24, 2.45) is 0 Å². The van der Waals surface area contributed by atoms with E-state index in [1.807, 2.05) is 6.92 Å². The molecule has 1 aliphatic heterocycles. The Hall–Kier alpha value is -1.97. The van der Waals surface area contributed by atoms with Gasteiger partial charge in [0.05, 0.1) is 10.5 Å². The molecule has 144 valence electrons. The molecule has 1 aromatic carbocycles. The highest BCUT2D eigenvalue weighted by molar-refractivity contribution is 7.89. The zero-order valence-electron chi connectivity index (χ0n) is 14.8. The standard InChI is InChI=1S/C17H24N2O6S/c1-2-3-12-25-13-16(20)18-8-10-19(11-9-18)26(23,24)15-6-4-14(5-7-15)17(21)22/h4-7H,2-3,8-13H2,1H3,(H,21,22). The number of aromatic carboxylic acids is 1. The Kier molecular flexibility index (Phi) is 7.13. The van der Waals surface area contributed by atoms with Crippen molar-refractivity contribution in [3.05, 3.63) is 29.8 Å². The van der Waals surface area contributed by atoms with Gasteiger partial charge in [-0.3, -0.25) is 4.79 Å². The second-order valence-electron chi connectivity index (χ2n) is 6.02. The smallest absolute Gasteiger partial charge is 0.335 e. The van der Waals surface area contributed by atoms with E-state index in [0.29, 0.717) is 19.7 Å². The minimum Gasteiger partial charge on any atom is -0.478 e. The van der Waals surface area contributed by atoms with E-state index in [2.05, 4.69) is 0 Å². The van der Waals surface area contributed by atoms with Crippen LogP contribution in [0.25, 0.3) is 0 Å². The lowest BCUT2D eigenvalue weighted by Crippen LogP contribution is -2.51. The van der Waals surface area contributed by atoms with Gasteiger partial charge in [0.15, 0.2) is 0 Å². The van der Waals surface area contributed by atoms with Crippen LogP contribution in [0.5, 0.6) is 0 Å². The summed E-state index contributed by atoms with van der Waals surface area (Å²) in [4.78, 5) is 24.6. The molecule has 0 saturated carbocycles. The number of benzene rings is 1. The number of rotatable bonds is 8. The van der Waals surface area contributed by atoms with E-state index < -0.39 is 16.0 Å². The number of carboxylic acids is 1. The fourth-order valence-electron chi connectivity index (χ4n) is 2.59. The molecule has 9 heteroatoms. The van der Waals surface area contributed by atoms with Gasteiger partial charge >= 0.3 is 5.97 Å². The molecule has 0 bridgehead atoms. The fraction of sp³-hybridized carbons (Fsp3) is 0.529. The first-order chi connectivity index (χ1) is 12.4. The van der Waals surface area contributed by atoms with Crippen molar-refractivity contribution >= 4 is 21.9 Å². The molecule has 1 aliphatic rings. The summed E-state index contributed by atoms with van der Waals surface area (Å²) in [7, 11) is -3.71. The number of sulfonamides is 1. The molecule has 1 fully saturated rings. The molecule has 0 unspecified atom stereocenters. The van der Waals surface area contributed by atoms with Crippen molar-refractivity contribution < 1.29 is 27.9 Å². The number of nitrogens with zero attached hydrogens (tertiary/aromatic N) is 2. The van der Waals surface area contributed by atoms with Crippen molar-refractivity contribution in [2.45, 2.75) is 24.7 Å². The van der Waals surface area contributed by atoms with Crippen LogP contribution in [0.15, 0.2) is 29.2 Å². The third kappa shape index (κ3) is 5.03. The summed E-state index contributed by atoms with van der Waals surface area (Å²) in [5, 5.41) is 8.89. The second kappa shape index (κ2) is 9.11. The van der Waals surface area contributed by atoms with Gasteiger partial charge in [-0.1, -0.05) is 13.3 Å². The van der Waals surface area contributed by atoms with Crippen molar-refractivity contribution in [2.75, 3.05) is 39.4 Å². The molecule has 1 aromatic rings. The average Bonchev–Trinajstić information content (AvgIpc) is 2.65. The van der Waals surface area contributed by atoms with Crippen LogP contribution < -0.4 is 0 Å². The highest BCUT2D eigenvalue weighted by Gasteiger charge is 2.30. The van der Waals surface area contributed by atoms with Crippen molar-refractivity contribution in [1.82, 2.24) is 9.21 Å². The number of amides is 1. The molecule has 1 N–H and O–H groups in total. The zero-order chi connectivity index (χ0) is 19.2. The Morgan fingerprint density at radius 2 is 1.73 bits per heavy atom. The van der Waals surface area contributed by atoms with E-state index in [-0.39, 0.29) is 36.1 Å². The van der Waals surface area contributed by atoms with Gasteiger partial charge in [0.25, 0.3) is 0 Å².